The molecule has 8 heteroatoms. The maximum absolute atomic E-state index is 14.5. The zero-order valence-electron chi connectivity index (χ0n) is 23.7. The third-order valence-electron chi connectivity index (χ3n) is 8.75. The van der Waals surface area contributed by atoms with Gasteiger partial charge in [0.15, 0.2) is 5.76 Å². The molecular weight excluding hydrogens is 540 g/mol. The molecule has 1 fully saturated rings. The summed E-state index contributed by atoms with van der Waals surface area (Å²) in [6.45, 7) is 2.12. The lowest BCUT2D eigenvalue weighted by Gasteiger charge is -2.44. The van der Waals surface area contributed by atoms with Crippen molar-refractivity contribution in [1.82, 2.24) is 19.7 Å². The first kappa shape index (κ1) is 26.8. The summed E-state index contributed by atoms with van der Waals surface area (Å²) in [5.41, 5.74) is 4.44. The van der Waals surface area contributed by atoms with Crippen molar-refractivity contribution < 1.29 is 18.8 Å². The van der Waals surface area contributed by atoms with E-state index in [9.17, 15) is 14.4 Å². The van der Waals surface area contributed by atoms with Crippen molar-refractivity contribution in [2.24, 2.45) is 0 Å². The van der Waals surface area contributed by atoms with Crippen molar-refractivity contribution in [3.8, 4) is 0 Å². The van der Waals surface area contributed by atoms with Gasteiger partial charge in [0, 0.05) is 55.4 Å². The van der Waals surface area contributed by atoms with Crippen LogP contribution in [0.3, 0.4) is 0 Å². The third-order valence-corrected chi connectivity index (χ3v) is 8.75. The second-order valence-corrected chi connectivity index (χ2v) is 11.1. The van der Waals surface area contributed by atoms with E-state index in [4.69, 9.17) is 4.42 Å². The molecule has 2 atom stereocenters. The molecule has 0 bridgehead atoms. The molecule has 43 heavy (non-hydrogen) atoms. The maximum atomic E-state index is 14.5. The Morgan fingerprint density at radius 3 is 2.33 bits per heavy atom. The Bertz CT molecular complexity index is 1770. The highest BCUT2D eigenvalue weighted by Gasteiger charge is 2.45. The number of rotatable bonds is 6. The molecule has 4 heterocycles. The molecule has 0 aliphatic carbocycles. The Morgan fingerprint density at radius 2 is 1.53 bits per heavy atom. The van der Waals surface area contributed by atoms with Gasteiger partial charge < -0.3 is 24.1 Å². The van der Waals surface area contributed by atoms with E-state index in [1.807, 2.05) is 88.8 Å². The first-order valence-corrected chi connectivity index (χ1v) is 14.7. The number of hydrogen-bond acceptors (Lipinski definition) is 4. The van der Waals surface area contributed by atoms with Crippen molar-refractivity contribution in [3.05, 3.63) is 131 Å². The van der Waals surface area contributed by atoms with Crippen LogP contribution in [0.5, 0.6) is 0 Å². The molecule has 1 saturated heterocycles. The quantitative estimate of drug-likeness (QED) is 0.300. The standard InChI is InChI=1S/C35H32N4O4/c40-33-28-13-5-4-12-27(28)31(35(42)38-20-18-37(19-21-38)34(41)30-15-8-22-43-30)32(24-9-2-1-3-10-24)39(33)17-16-25-23-36-29-14-7-6-11-26(25)29/h1-15,22-23,31-32,36H,16-21H2/t31-,32-/m0/s1. The largest absolute Gasteiger partial charge is 0.459 e. The summed E-state index contributed by atoms with van der Waals surface area (Å²) in [7, 11) is 0. The number of hydrogen-bond donors (Lipinski definition) is 1. The summed E-state index contributed by atoms with van der Waals surface area (Å²) in [4.78, 5) is 50.3. The molecule has 2 aliphatic heterocycles. The van der Waals surface area contributed by atoms with Crippen molar-refractivity contribution in [1.29, 1.82) is 0 Å². The van der Waals surface area contributed by atoms with Gasteiger partial charge in [-0.2, -0.15) is 0 Å². The minimum atomic E-state index is -0.577. The van der Waals surface area contributed by atoms with E-state index in [0.717, 1.165) is 27.6 Å². The number of furan rings is 1. The van der Waals surface area contributed by atoms with Gasteiger partial charge in [0.05, 0.1) is 18.2 Å². The van der Waals surface area contributed by atoms with E-state index in [1.165, 1.54) is 6.26 Å². The number of aromatic nitrogens is 1. The number of aromatic amines is 1. The predicted octanol–water partition coefficient (Wildman–Crippen LogP) is 5.27. The number of carbonyl (C=O) groups is 3. The molecule has 2 aliphatic rings. The van der Waals surface area contributed by atoms with Crippen molar-refractivity contribution in [2.75, 3.05) is 32.7 Å². The average molecular weight is 573 g/mol. The molecule has 3 aromatic carbocycles. The molecular formula is C35H32N4O4. The number of carbonyl (C=O) groups excluding carboxylic acids is 3. The zero-order chi connectivity index (χ0) is 29.3. The van der Waals surface area contributed by atoms with Crippen molar-refractivity contribution >= 4 is 28.6 Å². The van der Waals surface area contributed by atoms with Crippen LogP contribution in [0.15, 0.2) is 108 Å². The summed E-state index contributed by atoms with van der Waals surface area (Å²) in [5.74, 6) is -0.546. The molecule has 8 nitrogen and oxygen atoms in total. The molecule has 1 N–H and O–H groups in total. The van der Waals surface area contributed by atoms with Gasteiger partial charge in [0.1, 0.15) is 0 Å². The first-order valence-electron chi connectivity index (χ1n) is 14.7. The molecule has 216 valence electrons. The number of nitrogens with zero attached hydrogens (tertiary/aromatic N) is 3. The van der Waals surface area contributed by atoms with Crippen LogP contribution in [0.25, 0.3) is 10.9 Å². The maximum Gasteiger partial charge on any atom is 0.289 e. The number of benzene rings is 3. The Hall–Kier alpha value is -5.11. The van der Waals surface area contributed by atoms with E-state index in [-0.39, 0.29) is 17.7 Å². The van der Waals surface area contributed by atoms with Gasteiger partial charge in [0.2, 0.25) is 5.91 Å². The van der Waals surface area contributed by atoms with Crippen LogP contribution in [0.4, 0.5) is 0 Å². The second kappa shape index (κ2) is 11.3. The van der Waals surface area contributed by atoms with Crippen molar-refractivity contribution in [3.63, 3.8) is 0 Å². The van der Waals surface area contributed by atoms with Crippen molar-refractivity contribution in [2.45, 2.75) is 18.4 Å². The molecule has 2 aromatic heterocycles. The lowest BCUT2D eigenvalue weighted by molar-refractivity contribution is -0.136. The molecule has 0 saturated carbocycles. The summed E-state index contributed by atoms with van der Waals surface area (Å²) >= 11 is 0. The predicted molar refractivity (Wildman–Crippen MR) is 163 cm³/mol. The fourth-order valence-electron chi connectivity index (χ4n) is 6.59. The van der Waals surface area contributed by atoms with Gasteiger partial charge in [-0.05, 0) is 47.4 Å². The van der Waals surface area contributed by atoms with Crippen LogP contribution in [0.2, 0.25) is 0 Å². The topological polar surface area (TPSA) is 89.9 Å². The van der Waals surface area contributed by atoms with Crippen LogP contribution in [-0.2, 0) is 11.2 Å². The molecule has 0 radical (unpaired) electrons. The Labute approximate surface area is 249 Å². The fourth-order valence-corrected chi connectivity index (χ4v) is 6.59. The van der Waals surface area contributed by atoms with Crippen LogP contribution in [-0.4, -0.2) is 70.1 Å². The van der Waals surface area contributed by atoms with Crippen LogP contribution >= 0.6 is 0 Å². The molecule has 7 rings (SSSR count). The molecule has 3 amide bonds. The first-order chi connectivity index (χ1) is 21.1. The minimum absolute atomic E-state index is 0.0315. The van der Waals surface area contributed by atoms with Gasteiger partial charge >= 0.3 is 0 Å². The van der Waals surface area contributed by atoms with E-state index in [0.29, 0.717) is 50.5 Å². The Kier molecular flexibility index (Phi) is 7.02. The van der Waals surface area contributed by atoms with Gasteiger partial charge in [-0.3, -0.25) is 14.4 Å². The summed E-state index contributed by atoms with van der Waals surface area (Å²) in [6, 6.07) is 28.4. The lowest BCUT2D eigenvalue weighted by Crippen LogP contribution is -2.54. The highest BCUT2D eigenvalue weighted by atomic mass is 16.3. The fraction of sp³-hybridized carbons (Fsp3) is 0.229. The summed E-state index contributed by atoms with van der Waals surface area (Å²) in [6.07, 6.45) is 4.15. The number of para-hydroxylation sites is 1. The average Bonchev–Trinajstić information content (AvgIpc) is 3.75. The SMILES string of the molecule is O=C(c1ccco1)N1CCN(C(=O)[C@H]2c3ccccc3C(=O)N(CCc3c[nH]c4ccccc34)[C@H]2c2ccccc2)CC1. The number of amides is 3. The number of piperazine rings is 1. The van der Waals surface area contributed by atoms with Crippen LogP contribution in [0, 0.1) is 0 Å². The van der Waals surface area contributed by atoms with E-state index in [2.05, 4.69) is 11.1 Å². The van der Waals surface area contributed by atoms with Crippen LogP contribution < -0.4 is 0 Å². The lowest BCUT2D eigenvalue weighted by atomic mass is 9.78. The third kappa shape index (κ3) is 4.88. The summed E-state index contributed by atoms with van der Waals surface area (Å²) < 4.78 is 5.30. The zero-order valence-corrected chi connectivity index (χ0v) is 23.7. The molecule has 0 spiro atoms. The Balaban J connectivity index is 1.21. The van der Waals surface area contributed by atoms with Gasteiger partial charge in [0.25, 0.3) is 11.8 Å². The highest BCUT2D eigenvalue weighted by molar-refractivity contribution is 6.01. The Morgan fingerprint density at radius 1 is 0.814 bits per heavy atom. The number of fused-ring (bicyclic) bond motifs is 2. The van der Waals surface area contributed by atoms with Gasteiger partial charge in [-0.15, -0.1) is 0 Å². The number of H-pyrrole nitrogens is 1. The normalized spacial score (nSPS) is 18.6. The second-order valence-electron chi connectivity index (χ2n) is 11.1. The van der Waals surface area contributed by atoms with E-state index < -0.39 is 12.0 Å². The monoisotopic (exact) mass is 572 g/mol. The van der Waals surface area contributed by atoms with Gasteiger partial charge in [-0.1, -0.05) is 66.7 Å². The number of nitrogens with one attached hydrogen (secondary N) is 1. The van der Waals surface area contributed by atoms with E-state index >= 15 is 0 Å². The highest BCUT2D eigenvalue weighted by Crippen LogP contribution is 2.44. The van der Waals surface area contributed by atoms with Gasteiger partial charge in [-0.25, -0.2) is 0 Å². The smallest absolute Gasteiger partial charge is 0.289 e. The minimum Gasteiger partial charge on any atom is -0.459 e. The molecule has 0 unspecified atom stereocenters. The summed E-state index contributed by atoms with van der Waals surface area (Å²) in [5, 5.41) is 1.14. The van der Waals surface area contributed by atoms with E-state index in [1.54, 1.807) is 17.0 Å². The van der Waals surface area contributed by atoms with Crippen LogP contribution in [0.1, 0.15) is 49.6 Å². The molecule has 5 aromatic rings.